The molecule has 20 heavy (non-hydrogen) atoms. The predicted octanol–water partition coefficient (Wildman–Crippen LogP) is 3.02. The molecule has 2 rings (SSSR count). The van der Waals surface area contributed by atoms with Gasteiger partial charge >= 0.3 is 0 Å². The van der Waals surface area contributed by atoms with Gasteiger partial charge in [0.2, 0.25) is 5.91 Å². The summed E-state index contributed by atoms with van der Waals surface area (Å²) in [6.07, 6.45) is -0.0360. The number of thiophene rings is 1. The molecule has 0 saturated carbocycles. The van der Waals surface area contributed by atoms with Gasteiger partial charge in [-0.25, -0.2) is 4.39 Å². The van der Waals surface area contributed by atoms with Crippen LogP contribution in [0.15, 0.2) is 41.8 Å². The summed E-state index contributed by atoms with van der Waals surface area (Å²) in [7, 11) is 0. The Kier molecular flexibility index (Phi) is 5.26. The van der Waals surface area contributed by atoms with Crippen LogP contribution in [-0.2, 0) is 11.3 Å². The minimum atomic E-state index is -0.616. The predicted molar refractivity (Wildman–Crippen MR) is 76.8 cm³/mol. The Hall–Kier alpha value is -1.72. The SMILES string of the molecule is O=C(CCC(O)c1cccs1)NCc1ccccc1F. The van der Waals surface area contributed by atoms with Gasteiger partial charge in [0.15, 0.2) is 0 Å². The van der Waals surface area contributed by atoms with Crippen molar-refractivity contribution in [2.24, 2.45) is 0 Å². The van der Waals surface area contributed by atoms with E-state index in [2.05, 4.69) is 5.32 Å². The molecule has 0 fully saturated rings. The highest BCUT2D eigenvalue weighted by Crippen LogP contribution is 2.22. The summed E-state index contributed by atoms with van der Waals surface area (Å²) < 4.78 is 13.4. The van der Waals surface area contributed by atoms with E-state index in [9.17, 15) is 14.3 Å². The van der Waals surface area contributed by atoms with Gasteiger partial charge in [0.1, 0.15) is 5.82 Å². The first-order chi connectivity index (χ1) is 9.66. The standard InChI is InChI=1S/C15H16FNO2S/c16-12-5-2-1-4-11(12)10-17-15(19)8-7-13(18)14-6-3-9-20-14/h1-6,9,13,18H,7-8,10H2,(H,17,19). The number of halogens is 1. The number of aliphatic hydroxyl groups excluding tert-OH is 1. The van der Waals surface area contributed by atoms with Crippen molar-refractivity contribution in [1.82, 2.24) is 5.32 Å². The molecular formula is C15H16FNO2S. The van der Waals surface area contributed by atoms with Gasteiger partial charge < -0.3 is 10.4 Å². The third-order valence-corrected chi connectivity index (χ3v) is 3.92. The zero-order chi connectivity index (χ0) is 14.4. The number of benzene rings is 1. The van der Waals surface area contributed by atoms with Gasteiger partial charge in [0, 0.05) is 23.4 Å². The van der Waals surface area contributed by atoms with Crippen molar-refractivity contribution in [3.63, 3.8) is 0 Å². The Balaban J connectivity index is 1.75. The summed E-state index contributed by atoms with van der Waals surface area (Å²) in [6, 6.07) is 10.0. The van der Waals surface area contributed by atoms with Crippen LogP contribution in [0.5, 0.6) is 0 Å². The fraction of sp³-hybridized carbons (Fsp3) is 0.267. The van der Waals surface area contributed by atoms with Crippen LogP contribution in [0.2, 0.25) is 0 Å². The minimum absolute atomic E-state index is 0.167. The lowest BCUT2D eigenvalue weighted by Gasteiger charge is -2.09. The molecule has 1 amide bonds. The monoisotopic (exact) mass is 293 g/mol. The lowest BCUT2D eigenvalue weighted by atomic mass is 10.1. The van der Waals surface area contributed by atoms with E-state index in [4.69, 9.17) is 0 Å². The van der Waals surface area contributed by atoms with E-state index < -0.39 is 6.10 Å². The Morgan fingerprint density at radius 2 is 2.10 bits per heavy atom. The highest BCUT2D eigenvalue weighted by molar-refractivity contribution is 7.10. The van der Waals surface area contributed by atoms with Crippen LogP contribution in [-0.4, -0.2) is 11.0 Å². The molecule has 1 heterocycles. The van der Waals surface area contributed by atoms with Gasteiger partial charge in [-0.2, -0.15) is 0 Å². The van der Waals surface area contributed by atoms with Crippen molar-refractivity contribution in [3.05, 3.63) is 58.0 Å². The topological polar surface area (TPSA) is 49.3 Å². The maximum absolute atomic E-state index is 13.4. The molecule has 1 aromatic carbocycles. The average Bonchev–Trinajstić information content (AvgIpc) is 2.98. The molecule has 1 atom stereocenters. The number of carbonyl (C=O) groups excluding carboxylic acids is 1. The van der Waals surface area contributed by atoms with E-state index in [1.165, 1.54) is 17.4 Å². The number of amides is 1. The molecule has 1 unspecified atom stereocenters. The van der Waals surface area contributed by atoms with Crippen LogP contribution in [0.4, 0.5) is 4.39 Å². The number of carbonyl (C=O) groups is 1. The molecule has 0 saturated heterocycles. The van der Waals surface area contributed by atoms with E-state index in [0.717, 1.165) is 4.88 Å². The second-order valence-corrected chi connectivity index (χ2v) is 5.42. The summed E-state index contributed by atoms with van der Waals surface area (Å²) in [4.78, 5) is 12.5. The molecule has 5 heteroatoms. The Bertz CT molecular complexity index is 557. The molecule has 0 spiro atoms. The molecule has 0 aliphatic carbocycles. The fourth-order valence-corrected chi connectivity index (χ4v) is 2.56. The van der Waals surface area contributed by atoms with Gasteiger partial charge in [-0.05, 0) is 23.9 Å². The zero-order valence-electron chi connectivity index (χ0n) is 10.9. The summed E-state index contributed by atoms with van der Waals surface area (Å²) in [6.45, 7) is 0.167. The van der Waals surface area contributed by atoms with Crippen molar-refractivity contribution >= 4 is 17.2 Å². The first-order valence-electron chi connectivity index (χ1n) is 6.38. The average molecular weight is 293 g/mol. The van der Waals surface area contributed by atoms with Gasteiger partial charge in [-0.1, -0.05) is 24.3 Å². The Labute approximate surface area is 121 Å². The van der Waals surface area contributed by atoms with Crippen molar-refractivity contribution in [2.75, 3.05) is 0 Å². The first kappa shape index (κ1) is 14.7. The molecule has 3 nitrogen and oxygen atoms in total. The van der Waals surface area contributed by atoms with Crippen molar-refractivity contribution in [1.29, 1.82) is 0 Å². The van der Waals surface area contributed by atoms with Crippen molar-refractivity contribution in [2.45, 2.75) is 25.5 Å². The number of nitrogens with one attached hydrogen (secondary N) is 1. The van der Waals surface area contributed by atoms with Crippen LogP contribution in [0.25, 0.3) is 0 Å². The van der Waals surface area contributed by atoms with Crippen molar-refractivity contribution in [3.8, 4) is 0 Å². The maximum Gasteiger partial charge on any atom is 0.220 e. The van der Waals surface area contributed by atoms with E-state index in [1.54, 1.807) is 18.2 Å². The van der Waals surface area contributed by atoms with Crippen LogP contribution in [0.3, 0.4) is 0 Å². The largest absolute Gasteiger partial charge is 0.388 e. The Morgan fingerprint density at radius 3 is 2.80 bits per heavy atom. The quantitative estimate of drug-likeness (QED) is 0.860. The van der Waals surface area contributed by atoms with E-state index in [1.807, 2.05) is 17.5 Å². The molecule has 2 N–H and O–H groups in total. The molecule has 106 valence electrons. The number of aliphatic hydroxyl groups is 1. The van der Waals surface area contributed by atoms with E-state index in [0.29, 0.717) is 12.0 Å². The first-order valence-corrected chi connectivity index (χ1v) is 7.26. The molecule has 0 aliphatic rings. The lowest BCUT2D eigenvalue weighted by Crippen LogP contribution is -2.23. The second kappa shape index (κ2) is 7.17. The minimum Gasteiger partial charge on any atom is -0.388 e. The number of hydrogen-bond acceptors (Lipinski definition) is 3. The third kappa shape index (κ3) is 4.15. The molecular weight excluding hydrogens is 277 g/mol. The zero-order valence-corrected chi connectivity index (χ0v) is 11.7. The summed E-state index contributed by atoms with van der Waals surface area (Å²) in [5, 5.41) is 14.4. The fourth-order valence-electron chi connectivity index (χ4n) is 1.81. The molecule has 0 bridgehead atoms. The summed E-state index contributed by atoms with van der Waals surface area (Å²) in [5.41, 5.74) is 0.458. The smallest absolute Gasteiger partial charge is 0.220 e. The van der Waals surface area contributed by atoms with Gasteiger partial charge in [-0.15, -0.1) is 11.3 Å². The van der Waals surface area contributed by atoms with Gasteiger partial charge in [0.05, 0.1) is 6.10 Å². The van der Waals surface area contributed by atoms with Crippen LogP contribution < -0.4 is 5.32 Å². The van der Waals surface area contributed by atoms with Crippen LogP contribution in [0.1, 0.15) is 29.4 Å². The normalized spacial score (nSPS) is 12.1. The third-order valence-electron chi connectivity index (χ3n) is 2.95. The van der Waals surface area contributed by atoms with Gasteiger partial charge in [-0.3, -0.25) is 4.79 Å². The molecule has 0 aliphatic heterocycles. The summed E-state index contributed by atoms with van der Waals surface area (Å²) in [5.74, 6) is -0.518. The van der Waals surface area contributed by atoms with E-state index in [-0.39, 0.29) is 24.7 Å². The second-order valence-electron chi connectivity index (χ2n) is 4.44. The van der Waals surface area contributed by atoms with E-state index >= 15 is 0 Å². The van der Waals surface area contributed by atoms with Crippen molar-refractivity contribution < 1.29 is 14.3 Å². The van der Waals surface area contributed by atoms with Crippen LogP contribution in [0, 0.1) is 5.82 Å². The molecule has 0 radical (unpaired) electrons. The Morgan fingerprint density at radius 1 is 1.30 bits per heavy atom. The molecule has 1 aromatic heterocycles. The maximum atomic E-state index is 13.4. The number of rotatable bonds is 6. The highest BCUT2D eigenvalue weighted by atomic mass is 32.1. The number of hydrogen-bond donors (Lipinski definition) is 2. The lowest BCUT2D eigenvalue weighted by molar-refractivity contribution is -0.121. The van der Waals surface area contributed by atoms with Gasteiger partial charge in [0.25, 0.3) is 0 Å². The highest BCUT2D eigenvalue weighted by Gasteiger charge is 2.11. The van der Waals surface area contributed by atoms with Crippen LogP contribution >= 0.6 is 11.3 Å². The molecule has 2 aromatic rings. The summed E-state index contributed by atoms with van der Waals surface area (Å²) >= 11 is 1.46.